The third-order valence-electron chi connectivity index (χ3n) is 3.60. The van der Waals surface area contributed by atoms with Crippen LogP contribution in [0.1, 0.15) is 36.2 Å². The number of hydrogen-bond acceptors (Lipinski definition) is 3. The lowest BCUT2D eigenvalue weighted by Gasteiger charge is -2.08. The number of benzene rings is 2. The van der Waals surface area contributed by atoms with Crippen LogP contribution < -0.4 is 10.6 Å². The van der Waals surface area contributed by atoms with E-state index in [1.807, 2.05) is 12.1 Å². The summed E-state index contributed by atoms with van der Waals surface area (Å²) in [5.41, 5.74) is 3.54. The number of nitrogens with one attached hydrogen (secondary N) is 2. The van der Waals surface area contributed by atoms with E-state index in [0.29, 0.717) is 24.2 Å². The van der Waals surface area contributed by atoms with E-state index < -0.39 is 0 Å². The lowest BCUT2D eigenvalue weighted by Crippen LogP contribution is -2.16. The molecule has 4 nitrogen and oxygen atoms in total. The molecule has 4 heteroatoms. The van der Waals surface area contributed by atoms with Gasteiger partial charge in [-0.3, -0.25) is 9.59 Å². The molecule has 0 bridgehead atoms. The van der Waals surface area contributed by atoms with Crippen molar-refractivity contribution in [3.63, 3.8) is 0 Å². The summed E-state index contributed by atoms with van der Waals surface area (Å²) < 4.78 is 0. The highest BCUT2D eigenvalue weighted by atomic mass is 16.1. The van der Waals surface area contributed by atoms with Crippen LogP contribution in [0.15, 0.2) is 48.5 Å². The number of amides is 1. The maximum absolute atomic E-state index is 11.9. The van der Waals surface area contributed by atoms with Gasteiger partial charge in [0.05, 0.1) is 0 Å². The van der Waals surface area contributed by atoms with Crippen LogP contribution in [-0.4, -0.2) is 18.2 Å². The summed E-state index contributed by atoms with van der Waals surface area (Å²) in [6.45, 7) is 4.19. The first-order valence-corrected chi connectivity index (χ1v) is 7.82. The molecule has 0 fully saturated rings. The molecule has 0 radical (unpaired) electrons. The Balaban J connectivity index is 1.80. The first-order chi connectivity index (χ1) is 11.1. The largest absolute Gasteiger partial charge is 0.385 e. The Kier molecular flexibility index (Phi) is 5.92. The molecule has 2 N–H and O–H groups in total. The number of aryl methyl sites for hydroxylation is 1. The first kappa shape index (κ1) is 16.7. The molecule has 0 aliphatic rings. The quantitative estimate of drug-likeness (QED) is 0.763. The summed E-state index contributed by atoms with van der Waals surface area (Å²) in [4.78, 5) is 23.3. The van der Waals surface area contributed by atoms with Crippen molar-refractivity contribution in [2.45, 2.75) is 26.7 Å². The van der Waals surface area contributed by atoms with Gasteiger partial charge >= 0.3 is 0 Å². The van der Waals surface area contributed by atoms with E-state index in [4.69, 9.17) is 0 Å². The van der Waals surface area contributed by atoms with Crippen molar-refractivity contribution in [3.05, 3.63) is 59.7 Å². The van der Waals surface area contributed by atoms with Gasteiger partial charge in [0.15, 0.2) is 5.78 Å². The first-order valence-electron chi connectivity index (χ1n) is 7.82. The zero-order chi connectivity index (χ0) is 16.7. The van der Waals surface area contributed by atoms with Crippen molar-refractivity contribution in [2.24, 2.45) is 0 Å². The number of rotatable bonds is 7. The van der Waals surface area contributed by atoms with Crippen LogP contribution in [0.3, 0.4) is 0 Å². The maximum atomic E-state index is 11.9. The average molecular weight is 310 g/mol. The number of hydrogen-bond donors (Lipinski definition) is 2. The SMILES string of the molecule is CCc1ccc(NCCC(=O)Nc2cccc(C(C)=O)c2)cc1. The summed E-state index contributed by atoms with van der Waals surface area (Å²) in [7, 11) is 0. The predicted octanol–water partition coefficient (Wildman–Crippen LogP) is 3.89. The molecule has 0 aliphatic heterocycles. The van der Waals surface area contributed by atoms with Crippen LogP contribution in [0.2, 0.25) is 0 Å². The Morgan fingerprint density at radius 2 is 1.74 bits per heavy atom. The molecular weight excluding hydrogens is 288 g/mol. The minimum absolute atomic E-state index is 0.0155. The highest BCUT2D eigenvalue weighted by Gasteiger charge is 2.05. The van der Waals surface area contributed by atoms with E-state index in [1.165, 1.54) is 12.5 Å². The number of anilines is 2. The van der Waals surface area contributed by atoms with E-state index in [2.05, 4.69) is 29.7 Å². The fraction of sp³-hybridized carbons (Fsp3) is 0.263. The van der Waals surface area contributed by atoms with Crippen molar-refractivity contribution in [1.29, 1.82) is 0 Å². The summed E-state index contributed by atoms with van der Waals surface area (Å²) in [5.74, 6) is -0.0957. The third kappa shape index (κ3) is 5.25. The molecule has 0 aliphatic carbocycles. The van der Waals surface area contributed by atoms with E-state index in [-0.39, 0.29) is 11.7 Å². The van der Waals surface area contributed by atoms with Crippen molar-refractivity contribution in [1.82, 2.24) is 0 Å². The molecule has 2 rings (SSSR count). The fourth-order valence-electron chi connectivity index (χ4n) is 2.22. The molecule has 2 aromatic rings. The second kappa shape index (κ2) is 8.13. The van der Waals surface area contributed by atoms with E-state index in [0.717, 1.165) is 12.1 Å². The Hall–Kier alpha value is -2.62. The monoisotopic (exact) mass is 310 g/mol. The number of ketones is 1. The van der Waals surface area contributed by atoms with E-state index in [9.17, 15) is 9.59 Å². The van der Waals surface area contributed by atoms with Crippen molar-refractivity contribution in [3.8, 4) is 0 Å². The van der Waals surface area contributed by atoms with Gasteiger partial charge in [-0.2, -0.15) is 0 Å². The molecular formula is C19H22N2O2. The van der Waals surface area contributed by atoms with Crippen LogP contribution in [0.25, 0.3) is 0 Å². The second-order valence-electron chi connectivity index (χ2n) is 5.41. The van der Waals surface area contributed by atoms with Crippen molar-refractivity contribution in [2.75, 3.05) is 17.2 Å². The Morgan fingerprint density at radius 3 is 2.39 bits per heavy atom. The Bertz CT molecular complexity index is 678. The summed E-state index contributed by atoms with van der Waals surface area (Å²) in [6.07, 6.45) is 1.38. The van der Waals surface area contributed by atoms with Gasteiger partial charge in [-0.25, -0.2) is 0 Å². The molecule has 23 heavy (non-hydrogen) atoms. The van der Waals surface area contributed by atoms with Gasteiger partial charge in [0.2, 0.25) is 5.91 Å². The normalized spacial score (nSPS) is 10.2. The highest BCUT2D eigenvalue weighted by Crippen LogP contribution is 2.12. The minimum Gasteiger partial charge on any atom is -0.385 e. The van der Waals surface area contributed by atoms with Gasteiger partial charge in [-0.1, -0.05) is 31.2 Å². The zero-order valence-corrected chi connectivity index (χ0v) is 13.6. The molecule has 0 spiro atoms. The minimum atomic E-state index is -0.0802. The Morgan fingerprint density at radius 1 is 1.00 bits per heavy atom. The van der Waals surface area contributed by atoms with Gasteiger partial charge in [0.1, 0.15) is 0 Å². The van der Waals surface area contributed by atoms with Gasteiger partial charge in [-0.15, -0.1) is 0 Å². The lowest BCUT2D eigenvalue weighted by atomic mass is 10.1. The summed E-state index contributed by atoms with van der Waals surface area (Å²) in [5, 5.41) is 6.04. The van der Waals surface area contributed by atoms with Crippen LogP contribution in [-0.2, 0) is 11.2 Å². The molecule has 2 aromatic carbocycles. The van der Waals surface area contributed by atoms with Gasteiger partial charge in [0.25, 0.3) is 0 Å². The number of carbonyl (C=O) groups is 2. The molecule has 0 heterocycles. The highest BCUT2D eigenvalue weighted by molar-refractivity contribution is 5.97. The van der Waals surface area contributed by atoms with Gasteiger partial charge in [0, 0.05) is 29.9 Å². The van der Waals surface area contributed by atoms with Crippen LogP contribution in [0, 0.1) is 0 Å². The molecule has 0 saturated carbocycles. The van der Waals surface area contributed by atoms with Crippen LogP contribution in [0.4, 0.5) is 11.4 Å². The second-order valence-corrected chi connectivity index (χ2v) is 5.41. The van der Waals surface area contributed by atoms with Crippen LogP contribution >= 0.6 is 0 Å². The standard InChI is InChI=1S/C19H22N2O2/c1-3-15-7-9-17(10-8-15)20-12-11-19(23)21-18-6-4-5-16(13-18)14(2)22/h4-10,13,20H,3,11-12H2,1-2H3,(H,21,23). The van der Waals surface area contributed by atoms with Crippen molar-refractivity contribution < 1.29 is 9.59 Å². The molecule has 0 aromatic heterocycles. The lowest BCUT2D eigenvalue weighted by molar-refractivity contribution is -0.115. The molecule has 1 amide bonds. The smallest absolute Gasteiger partial charge is 0.226 e. The molecule has 0 saturated heterocycles. The van der Waals surface area contributed by atoms with Gasteiger partial charge < -0.3 is 10.6 Å². The van der Waals surface area contributed by atoms with Crippen molar-refractivity contribution >= 4 is 23.1 Å². The summed E-state index contributed by atoms with van der Waals surface area (Å²) in [6, 6.07) is 15.2. The van der Waals surface area contributed by atoms with E-state index >= 15 is 0 Å². The van der Waals surface area contributed by atoms with Crippen LogP contribution in [0.5, 0.6) is 0 Å². The summed E-state index contributed by atoms with van der Waals surface area (Å²) >= 11 is 0. The molecule has 120 valence electrons. The number of Topliss-reactive ketones (excluding diaryl/α,β-unsaturated/α-hetero) is 1. The third-order valence-corrected chi connectivity index (χ3v) is 3.60. The zero-order valence-electron chi connectivity index (χ0n) is 13.6. The average Bonchev–Trinajstić information content (AvgIpc) is 2.55. The fourth-order valence-corrected chi connectivity index (χ4v) is 2.22. The predicted molar refractivity (Wildman–Crippen MR) is 94.0 cm³/mol. The maximum Gasteiger partial charge on any atom is 0.226 e. The Labute approximate surface area is 136 Å². The molecule has 0 atom stereocenters. The van der Waals surface area contributed by atoms with E-state index in [1.54, 1.807) is 24.3 Å². The number of carbonyl (C=O) groups excluding carboxylic acids is 2. The molecule has 0 unspecified atom stereocenters. The van der Waals surface area contributed by atoms with Gasteiger partial charge in [-0.05, 0) is 43.2 Å². The topological polar surface area (TPSA) is 58.2 Å².